The Morgan fingerprint density at radius 3 is 3.00 bits per heavy atom. The Kier molecular flexibility index (Phi) is 4.28. The predicted molar refractivity (Wildman–Crippen MR) is 73.2 cm³/mol. The third-order valence-corrected chi connectivity index (χ3v) is 2.82. The summed E-state index contributed by atoms with van der Waals surface area (Å²) in [5, 5.41) is 7.06. The molecule has 0 aliphatic rings. The molecule has 0 fully saturated rings. The Bertz CT molecular complexity index is 562. The molecule has 5 heteroatoms. The van der Waals surface area contributed by atoms with Crippen molar-refractivity contribution in [3.05, 3.63) is 36.3 Å². The third kappa shape index (κ3) is 3.40. The monoisotopic (exact) mass is 258 g/mol. The summed E-state index contributed by atoms with van der Waals surface area (Å²) >= 11 is 0. The van der Waals surface area contributed by atoms with Gasteiger partial charge in [-0.15, -0.1) is 0 Å². The van der Waals surface area contributed by atoms with Crippen LogP contribution in [0.5, 0.6) is 0 Å². The lowest BCUT2D eigenvalue weighted by Crippen LogP contribution is -2.22. The van der Waals surface area contributed by atoms with E-state index in [0.717, 1.165) is 23.2 Å². The largest absolute Gasteiger partial charge is 0.352 e. The smallest absolute Gasteiger partial charge is 0.220 e. The first-order valence-corrected chi connectivity index (χ1v) is 6.40. The summed E-state index contributed by atoms with van der Waals surface area (Å²) in [6, 6.07) is 3.85. The van der Waals surface area contributed by atoms with E-state index in [1.165, 1.54) is 0 Å². The average molecular weight is 258 g/mol. The zero-order chi connectivity index (χ0) is 13.7. The van der Waals surface area contributed by atoms with E-state index in [-0.39, 0.29) is 5.91 Å². The van der Waals surface area contributed by atoms with Crippen LogP contribution in [0.15, 0.2) is 30.7 Å². The molecular formula is C14H18N4O. The summed E-state index contributed by atoms with van der Waals surface area (Å²) in [6.07, 6.45) is 6.86. The first-order chi connectivity index (χ1) is 9.20. The molecule has 0 radical (unpaired) electrons. The number of aromatic nitrogens is 3. The summed E-state index contributed by atoms with van der Waals surface area (Å²) in [5.41, 5.74) is 2.83. The summed E-state index contributed by atoms with van der Waals surface area (Å²) in [6.45, 7) is 2.49. The third-order valence-electron chi connectivity index (χ3n) is 2.82. The van der Waals surface area contributed by atoms with Gasteiger partial charge < -0.3 is 5.32 Å². The highest BCUT2D eigenvalue weighted by Gasteiger charge is 2.09. The van der Waals surface area contributed by atoms with Gasteiger partial charge in [0.15, 0.2) is 0 Å². The van der Waals surface area contributed by atoms with Crippen LogP contribution >= 0.6 is 0 Å². The van der Waals surface area contributed by atoms with Crippen LogP contribution in [0.3, 0.4) is 0 Å². The second-order valence-electron chi connectivity index (χ2n) is 4.44. The van der Waals surface area contributed by atoms with Crippen molar-refractivity contribution in [2.24, 2.45) is 7.05 Å². The Balaban J connectivity index is 2.15. The fourth-order valence-electron chi connectivity index (χ4n) is 1.89. The van der Waals surface area contributed by atoms with Gasteiger partial charge in [-0.3, -0.25) is 14.5 Å². The molecule has 2 heterocycles. The van der Waals surface area contributed by atoms with E-state index in [2.05, 4.69) is 15.4 Å². The minimum absolute atomic E-state index is 0.0727. The van der Waals surface area contributed by atoms with Gasteiger partial charge in [0, 0.05) is 38.0 Å². The highest BCUT2D eigenvalue weighted by atomic mass is 16.1. The Hall–Kier alpha value is -2.17. The highest BCUT2D eigenvalue weighted by molar-refractivity contribution is 5.76. The number of pyridine rings is 1. The van der Waals surface area contributed by atoms with E-state index < -0.39 is 0 Å². The van der Waals surface area contributed by atoms with Crippen LogP contribution in [0.2, 0.25) is 0 Å². The first kappa shape index (κ1) is 13.3. The Labute approximate surface area is 112 Å². The molecule has 0 atom stereocenters. The maximum absolute atomic E-state index is 11.5. The van der Waals surface area contributed by atoms with Crippen LogP contribution < -0.4 is 5.32 Å². The summed E-state index contributed by atoms with van der Waals surface area (Å²) in [5.74, 6) is 0.0727. The first-order valence-electron chi connectivity index (χ1n) is 6.40. The highest BCUT2D eigenvalue weighted by Crippen LogP contribution is 2.20. The average Bonchev–Trinajstić information content (AvgIpc) is 2.84. The lowest BCUT2D eigenvalue weighted by atomic mass is 10.1. The molecule has 0 spiro atoms. The van der Waals surface area contributed by atoms with Gasteiger partial charge in [0.25, 0.3) is 0 Å². The molecule has 5 nitrogen and oxygen atoms in total. The fraction of sp³-hybridized carbons (Fsp3) is 0.357. The normalized spacial score (nSPS) is 10.4. The van der Waals surface area contributed by atoms with Crippen molar-refractivity contribution in [3.8, 4) is 11.3 Å². The number of hydrogen-bond acceptors (Lipinski definition) is 3. The Morgan fingerprint density at radius 2 is 2.32 bits per heavy atom. The molecular weight excluding hydrogens is 240 g/mol. The van der Waals surface area contributed by atoms with Gasteiger partial charge in [-0.2, -0.15) is 5.10 Å². The summed E-state index contributed by atoms with van der Waals surface area (Å²) < 4.78 is 1.74. The van der Waals surface area contributed by atoms with Crippen LogP contribution in [0, 0.1) is 0 Å². The molecule has 2 rings (SSSR count). The summed E-state index contributed by atoms with van der Waals surface area (Å²) in [7, 11) is 1.87. The van der Waals surface area contributed by atoms with Gasteiger partial charge in [-0.1, -0.05) is 13.0 Å². The topological polar surface area (TPSA) is 59.8 Å². The number of nitrogens with one attached hydrogen (secondary N) is 1. The number of hydrogen-bond donors (Lipinski definition) is 1. The minimum Gasteiger partial charge on any atom is -0.352 e. The maximum atomic E-state index is 11.5. The molecule has 1 amide bonds. The van der Waals surface area contributed by atoms with Crippen LogP contribution in [-0.2, 0) is 18.4 Å². The van der Waals surface area contributed by atoms with Gasteiger partial charge in [0.05, 0.1) is 11.9 Å². The van der Waals surface area contributed by atoms with Crippen molar-refractivity contribution in [2.75, 3.05) is 0 Å². The molecule has 0 aromatic carbocycles. The van der Waals surface area contributed by atoms with Gasteiger partial charge >= 0.3 is 0 Å². The van der Waals surface area contributed by atoms with E-state index >= 15 is 0 Å². The van der Waals surface area contributed by atoms with Crippen molar-refractivity contribution in [2.45, 2.75) is 26.3 Å². The van der Waals surface area contributed by atoms with E-state index in [9.17, 15) is 4.79 Å². The lowest BCUT2D eigenvalue weighted by molar-refractivity contribution is -0.121. The van der Waals surface area contributed by atoms with E-state index in [0.29, 0.717) is 13.0 Å². The zero-order valence-corrected chi connectivity index (χ0v) is 11.3. The number of rotatable bonds is 5. The standard InChI is InChI=1S/C14H18N4O/c1-3-5-13(19)16-8-11-6-4-7-15-14(11)12-9-17-18(2)10-12/h4,6-7,9-10H,3,5,8H2,1-2H3,(H,16,19). The second-order valence-corrected chi connectivity index (χ2v) is 4.44. The van der Waals surface area contributed by atoms with Crippen LogP contribution in [0.1, 0.15) is 25.3 Å². The van der Waals surface area contributed by atoms with Gasteiger partial charge in [-0.05, 0) is 18.1 Å². The zero-order valence-electron chi connectivity index (χ0n) is 11.3. The minimum atomic E-state index is 0.0727. The molecule has 19 heavy (non-hydrogen) atoms. The predicted octanol–water partition coefficient (Wildman–Crippen LogP) is 1.90. The van der Waals surface area contributed by atoms with Crippen molar-refractivity contribution in [3.63, 3.8) is 0 Å². The molecule has 0 aliphatic heterocycles. The molecule has 0 saturated heterocycles. The number of nitrogens with zero attached hydrogens (tertiary/aromatic N) is 3. The van der Waals surface area contributed by atoms with E-state index in [4.69, 9.17) is 0 Å². The van der Waals surface area contributed by atoms with Crippen molar-refractivity contribution < 1.29 is 4.79 Å². The quantitative estimate of drug-likeness (QED) is 0.891. The van der Waals surface area contributed by atoms with Gasteiger partial charge in [-0.25, -0.2) is 0 Å². The molecule has 2 aromatic rings. The number of carbonyl (C=O) groups is 1. The number of aryl methyl sites for hydroxylation is 1. The molecule has 1 N–H and O–H groups in total. The fourth-order valence-corrected chi connectivity index (χ4v) is 1.89. The van der Waals surface area contributed by atoms with Crippen LogP contribution in [0.4, 0.5) is 0 Å². The lowest BCUT2D eigenvalue weighted by Gasteiger charge is -2.08. The molecule has 0 bridgehead atoms. The van der Waals surface area contributed by atoms with Crippen molar-refractivity contribution >= 4 is 5.91 Å². The molecule has 0 saturated carbocycles. The van der Waals surface area contributed by atoms with Crippen molar-refractivity contribution in [1.29, 1.82) is 0 Å². The number of carbonyl (C=O) groups excluding carboxylic acids is 1. The maximum Gasteiger partial charge on any atom is 0.220 e. The van der Waals surface area contributed by atoms with Crippen LogP contribution in [0.25, 0.3) is 11.3 Å². The Morgan fingerprint density at radius 1 is 1.47 bits per heavy atom. The van der Waals surface area contributed by atoms with Crippen LogP contribution in [-0.4, -0.2) is 20.7 Å². The van der Waals surface area contributed by atoms with E-state index in [1.807, 2.05) is 32.3 Å². The number of amides is 1. The molecule has 2 aromatic heterocycles. The van der Waals surface area contributed by atoms with Gasteiger partial charge in [0.2, 0.25) is 5.91 Å². The van der Waals surface area contributed by atoms with Crippen molar-refractivity contribution in [1.82, 2.24) is 20.1 Å². The molecule has 0 aliphatic carbocycles. The SMILES string of the molecule is CCCC(=O)NCc1cccnc1-c1cnn(C)c1. The summed E-state index contributed by atoms with van der Waals surface area (Å²) in [4.78, 5) is 15.9. The second kappa shape index (κ2) is 6.13. The molecule has 100 valence electrons. The van der Waals surface area contributed by atoms with E-state index in [1.54, 1.807) is 17.1 Å². The van der Waals surface area contributed by atoms with Gasteiger partial charge in [0.1, 0.15) is 0 Å². The molecule has 0 unspecified atom stereocenters.